The number of benzene rings is 1. The molecule has 0 aromatic heterocycles. The van der Waals surface area contributed by atoms with E-state index in [0.717, 1.165) is 22.3 Å². The molecule has 0 aliphatic heterocycles. The summed E-state index contributed by atoms with van der Waals surface area (Å²) in [7, 11) is -1.62. The van der Waals surface area contributed by atoms with Crippen LogP contribution in [0, 0.1) is 32.2 Å². The maximum Gasteiger partial charge on any atom is 0.412 e. The van der Waals surface area contributed by atoms with Crippen molar-refractivity contribution in [2.45, 2.75) is 73.2 Å². The molecule has 0 heterocycles. The number of carbonyl (C=O) groups is 2. The van der Waals surface area contributed by atoms with Crippen LogP contribution in [0.3, 0.4) is 0 Å². The molecule has 0 saturated heterocycles. The fourth-order valence-corrected chi connectivity index (χ4v) is 3.22. The van der Waals surface area contributed by atoms with E-state index in [9.17, 15) is 14.7 Å². The van der Waals surface area contributed by atoms with E-state index in [-0.39, 0.29) is 6.42 Å². The largest absolute Gasteiger partial charge is 0.481 e. The molecular formula is C21H31NO4Si. The Kier molecular flexibility index (Phi) is 6.90. The molecule has 148 valence electrons. The van der Waals surface area contributed by atoms with E-state index >= 15 is 0 Å². The molecule has 1 aromatic carbocycles. The van der Waals surface area contributed by atoms with Gasteiger partial charge in [0.05, 0.1) is 12.1 Å². The predicted molar refractivity (Wildman–Crippen MR) is 112 cm³/mol. The Morgan fingerprint density at radius 2 is 1.63 bits per heavy atom. The molecule has 0 aliphatic rings. The summed E-state index contributed by atoms with van der Waals surface area (Å²) in [5, 5.41) is 12.1. The van der Waals surface area contributed by atoms with E-state index in [4.69, 9.17) is 4.74 Å². The molecule has 27 heavy (non-hydrogen) atoms. The van der Waals surface area contributed by atoms with Gasteiger partial charge in [0.1, 0.15) is 13.7 Å². The molecular weight excluding hydrogens is 358 g/mol. The molecule has 0 fully saturated rings. The maximum absolute atomic E-state index is 12.3. The first-order chi connectivity index (χ1) is 12.1. The number of amides is 1. The smallest absolute Gasteiger partial charge is 0.412 e. The summed E-state index contributed by atoms with van der Waals surface area (Å²) in [5.41, 5.74) is 7.17. The second kappa shape index (κ2) is 8.18. The van der Waals surface area contributed by atoms with Gasteiger partial charge in [-0.2, -0.15) is 0 Å². The fourth-order valence-electron chi connectivity index (χ4n) is 2.72. The van der Waals surface area contributed by atoms with Gasteiger partial charge in [0, 0.05) is 5.56 Å². The van der Waals surface area contributed by atoms with Gasteiger partial charge >= 0.3 is 12.1 Å². The molecule has 0 bridgehead atoms. The van der Waals surface area contributed by atoms with Gasteiger partial charge < -0.3 is 9.84 Å². The van der Waals surface area contributed by atoms with Crippen LogP contribution in [0.15, 0.2) is 0 Å². The first-order valence-electron chi connectivity index (χ1n) is 9.00. The number of rotatable bonds is 3. The summed E-state index contributed by atoms with van der Waals surface area (Å²) in [6, 6.07) is 0. The summed E-state index contributed by atoms with van der Waals surface area (Å²) in [6.45, 7) is 17.4. The van der Waals surface area contributed by atoms with Crippen molar-refractivity contribution in [3.8, 4) is 11.5 Å². The van der Waals surface area contributed by atoms with Crippen molar-refractivity contribution in [2.24, 2.45) is 0 Å². The number of hydrogen-bond acceptors (Lipinski definition) is 3. The lowest BCUT2D eigenvalue weighted by Crippen LogP contribution is -2.28. The predicted octanol–water partition coefficient (Wildman–Crippen LogP) is 4.81. The van der Waals surface area contributed by atoms with E-state index in [2.05, 4.69) is 36.4 Å². The Morgan fingerprint density at radius 1 is 1.07 bits per heavy atom. The minimum atomic E-state index is -1.62. The van der Waals surface area contributed by atoms with Gasteiger partial charge in [-0.15, -0.1) is 5.54 Å². The minimum Gasteiger partial charge on any atom is -0.481 e. The third-order valence-corrected chi connectivity index (χ3v) is 4.80. The van der Waals surface area contributed by atoms with Crippen molar-refractivity contribution in [3.63, 3.8) is 0 Å². The van der Waals surface area contributed by atoms with Crippen LogP contribution in [0.4, 0.5) is 10.5 Å². The molecule has 0 radical (unpaired) electrons. The zero-order valence-corrected chi connectivity index (χ0v) is 18.9. The second-order valence-electron chi connectivity index (χ2n) is 8.80. The van der Waals surface area contributed by atoms with Crippen LogP contribution in [0.1, 0.15) is 48.6 Å². The summed E-state index contributed by atoms with van der Waals surface area (Å²) in [6.07, 6.45) is -0.689. The molecule has 0 spiro atoms. The normalized spacial score (nSPS) is 11.4. The van der Waals surface area contributed by atoms with Gasteiger partial charge in [0.25, 0.3) is 0 Å². The van der Waals surface area contributed by atoms with Crippen molar-refractivity contribution in [1.29, 1.82) is 0 Å². The molecule has 1 rings (SSSR count). The fraction of sp³-hybridized carbons (Fsp3) is 0.524. The average molecular weight is 390 g/mol. The number of anilines is 1. The molecule has 2 N–H and O–H groups in total. The number of hydrogen-bond donors (Lipinski definition) is 2. The molecule has 6 heteroatoms. The molecule has 0 aliphatic carbocycles. The Morgan fingerprint density at radius 3 is 2.07 bits per heavy atom. The highest BCUT2D eigenvalue weighted by Gasteiger charge is 2.22. The van der Waals surface area contributed by atoms with Crippen molar-refractivity contribution >= 4 is 25.8 Å². The summed E-state index contributed by atoms with van der Waals surface area (Å²) >= 11 is 0. The number of nitrogens with one attached hydrogen (secondary N) is 1. The van der Waals surface area contributed by atoms with Gasteiger partial charge in [0.15, 0.2) is 0 Å². The number of carbonyl (C=O) groups excluding carboxylic acids is 1. The highest BCUT2D eigenvalue weighted by atomic mass is 28.3. The van der Waals surface area contributed by atoms with Crippen molar-refractivity contribution in [2.75, 3.05) is 5.32 Å². The van der Waals surface area contributed by atoms with Crippen molar-refractivity contribution in [1.82, 2.24) is 0 Å². The second-order valence-corrected chi connectivity index (χ2v) is 13.6. The highest BCUT2D eigenvalue weighted by molar-refractivity contribution is 6.83. The monoisotopic (exact) mass is 389 g/mol. The molecule has 0 atom stereocenters. The summed E-state index contributed by atoms with van der Waals surface area (Å²) in [4.78, 5) is 23.7. The van der Waals surface area contributed by atoms with Crippen LogP contribution in [0.5, 0.6) is 0 Å². The molecule has 5 nitrogen and oxygen atoms in total. The van der Waals surface area contributed by atoms with Gasteiger partial charge in [-0.3, -0.25) is 10.1 Å². The topological polar surface area (TPSA) is 75.6 Å². The standard InChI is InChI=1S/C21H31NO4Si/c1-13-16(10-11-27(7,8)9)14(2)19(15(3)17(13)12-18(23)24)22-20(25)26-21(4,5)6/h12H2,1-9H3,(H,22,25)(H,23,24). The Balaban J connectivity index is 3.58. The first-order valence-corrected chi connectivity index (χ1v) is 12.5. The molecule has 0 saturated carbocycles. The average Bonchev–Trinajstić information content (AvgIpc) is 2.45. The Hall–Kier alpha value is -2.26. The molecule has 1 amide bonds. The first kappa shape index (κ1) is 22.8. The molecule has 1 aromatic rings. The van der Waals surface area contributed by atoms with Crippen LogP contribution in [-0.4, -0.2) is 30.8 Å². The van der Waals surface area contributed by atoms with Crippen molar-refractivity contribution < 1.29 is 19.4 Å². The number of aliphatic carboxylic acids is 1. The number of carboxylic acid groups (broad SMARTS) is 1. The van der Waals surface area contributed by atoms with Crippen molar-refractivity contribution in [3.05, 3.63) is 27.8 Å². The van der Waals surface area contributed by atoms with E-state index in [1.54, 1.807) is 20.8 Å². The Bertz CT molecular complexity index is 818. The Labute approximate surface area is 163 Å². The summed E-state index contributed by atoms with van der Waals surface area (Å²) in [5.74, 6) is 2.33. The molecule has 0 unspecified atom stereocenters. The van der Waals surface area contributed by atoms with Crippen LogP contribution in [-0.2, 0) is 16.0 Å². The zero-order chi connectivity index (χ0) is 21.2. The summed E-state index contributed by atoms with van der Waals surface area (Å²) < 4.78 is 5.36. The third-order valence-electron chi connectivity index (χ3n) is 3.92. The van der Waals surface area contributed by atoms with Gasteiger partial charge in [-0.05, 0) is 63.8 Å². The lowest BCUT2D eigenvalue weighted by Gasteiger charge is -2.23. The van der Waals surface area contributed by atoms with E-state index in [0.29, 0.717) is 11.3 Å². The highest BCUT2D eigenvalue weighted by Crippen LogP contribution is 2.32. The number of ether oxygens (including phenoxy) is 1. The van der Waals surface area contributed by atoms with E-state index in [1.165, 1.54) is 0 Å². The van der Waals surface area contributed by atoms with E-state index in [1.807, 2.05) is 20.8 Å². The minimum absolute atomic E-state index is 0.122. The zero-order valence-electron chi connectivity index (χ0n) is 17.9. The third kappa shape index (κ3) is 6.76. The van der Waals surface area contributed by atoms with Crippen LogP contribution >= 0.6 is 0 Å². The van der Waals surface area contributed by atoms with Gasteiger partial charge in [0.2, 0.25) is 0 Å². The van der Waals surface area contributed by atoms with E-state index < -0.39 is 25.7 Å². The number of carboxylic acids is 1. The lowest BCUT2D eigenvalue weighted by atomic mass is 9.90. The maximum atomic E-state index is 12.3. The van der Waals surface area contributed by atoms with Gasteiger partial charge in [-0.25, -0.2) is 4.79 Å². The van der Waals surface area contributed by atoms with Crippen LogP contribution in [0.2, 0.25) is 19.6 Å². The van der Waals surface area contributed by atoms with Gasteiger partial charge in [-0.1, -0.05) is 25.6 Å². The SMILES string of the molecule is Cc1c(C#C[Si](C)(C)C)c(C)c(NC(=O)OC(C)(C)C)c(C)c1CC(=O)O. The lowest BCUT2D eigenvalue weighted by molar-refractivity contribution is -0.136. The quantitative estimate of drug-likeness (QED) is 0.574. The van der Waals surface area contributed by atoms with Crippen LogP contribution < -0.4 is 5.32 Å². The van der Waals surface area contributed by atoms with Crippen LogP contribution in [0.25, 0.3) is 0 Å².